The third kappa shape index (κ3) is 5.95. The fraction of sp³-hybridized carbons (Fsp3) is 0.500. The molecule has 0 radical (unpaired) electrons. The van der Waals surface area contributed by atoms with E-state index in [1.807, 2.05) is 0 Å². The summed E-state index contributed by atoms with van der Waals surface area (Å²) in [5.41, 5.74) is 0.424. The molecule has 0 aliphatic heterocycles. The van der Waals surface area contributed by atoms with Crippen LogP contribution in [0, 0.1) is 0 Å². The molecule has 2 rings (SSSR count). The molecule has 0 aromatic heterocycles. The fourth-order valence-electron chi connectivity index (χ4n) is 2.46. The van der Waals surface area contributed by atoms with Gasteiger partial charge in [-0.15, -0.1) is 11.8 Å². The van der Waals surface area contributed by atoms with Gasteiger partial charge in [-0.2, -0.15) is 0 Å². The van der Waals surface area contributed by atoms with Crippen molar-refractivity contribution in [2.24, 2.45) is 0 Å². The lowest BCUT2D eigenvalue weighted by atomic mass is 10.1. The van der Waals surface area contributed by atoms with Crippen molar-refractivity contribution < 1.29 is 19.4 Å². The Hall–Kier alpha value is -1.40. The lowest BCUT2D eigenvalue weighted by Crippen LogP contribution is -2.27. The molecule has 1 aliphatic carbocycles. The maximum atomic E-state index is 12.3. The van der Waals surface area contributed by atoms with Gasteiger partial charge >= 0.3 is 5.97 Å². The lowest BCUT2D eigenvalue weighted by Gasteiger charge is -2.16. The summed E-state index contributed by atoms with van der Waals surface area (Å²) in [6.45, 7) is 0.395. The van der Waals surface area contributed by atoms with Crippen LogP contribution in [-0.2, 0) is 4.79 Å². The average Bonchev–Trinajstić information content (AvgIpc) is 3.01. The zero-order valence-electron chi connectivity index (χ0n) is 12.7. The molecule has 0 saturated heterocycles. The number of hydrogen-bond donors (Lipinski definition) is 2. The van der Waals surface area contributed by atoms with Crippen LogP contribution in [0.2, 0.25) is 5.02 Å². The third-order valence-corrected chi connectivity index (χ3v) is 4.72. The van der Waals surface area contributed by atoms with Gasteiger partial charge < -0.3 is 15.2 Å². The SMILES string of the molecule is O=C(O)CSCCNC(=O)c1cc(Cl)ccc1OC1CCCC1. The summed E-state index contributed by atoms with van der Waals surface area (Å²) in [4.78, 5) is 22.7. The van der Waals surface area contributed by atoms with Gasteiger partial charge in [-0.3, -0.25) is 9.59 Å². The van der Waals surface area contributed by atoms with Crippen molar-refractivity contribution in [2.75, 3.05) is 18.1 Å². The number of benzene rings is 1. The molecule has 1 aromatic carbocycles. The summed E-state index contributed by atoms with van der Waals surface area (Å²) < 4.78 is 5.94. The Morgan fingerprint density at radius 1 is 1.35 bits per heavy atom. The Morgan fingerprint density at radius 3 is 2.78 bits per heavy atom. The van der Waals surface area contributed by atoms with Crippen LogP contribution < -0.4 is 10.1 Å². The quantitative estimate of drug-likeness (QED) is 0.699. The van der Waals surface area contributed by atoms with Crippen LogP contribution >= 0.6 is 23.4 Å². The van der Waals surface area contributed by atoms with Crippen molar-refractivity contribution in [3.05, 3.63) is 28.8 Å². The second-order valence-electron chi connectivity index (χ2n) is 5.37. The van der Waals surface area contributed by atoms with Crippen LogP contribution in [0.1, 0.15) is 36.0 Å². The van der Waals surface area contributed by atoms with Crippen LogP contribution in [0.3, 0.4) is 0 Å². The number of thioether (sulfide) groups is 1. The molecule has 1 aromatic rings. The second kappa shape index (κ2) is 9.03. The maximum Gasteiger partial charge on any atom is 0.313 e. The van der Waals surface area contributed by atoms with E-state index in [9.17, 15) is 9.59 Å². The Labute approximate surface area is 144 Å². The van der Waals surface area contributed by atoms with E-state index in [-0.39, 0.29) is 17.8 Å². The number of aliphatic carboxylic acids is 1. The molecule has 0 bridgehead atoms. The van der Waals surface area contributed by atoms with Gasteiger partial charge in [0.1, 0.15) is 5.75 Å². The van der Waals surface area contributed by atoms with Crippen molar-refractivity contribution in [3.63, 3.8) is 0 Å². The van der Waals surface area contributed by atoms with Gasteiger partial charge in [0.05, 0.1) is 17.4 Å². The van der Waals surface area contributed by atoms with Crippen LogP contribution in [0.25, 0.3) is 0 Å². The Balaban J connectivity index is 1.92. The zero-order chi connectivity index (χ0) is 16.7. The average molecular weight is 358 g/mol. The van der Waals surface area contributed by atoms with Crippen molar-refractivity contribution in [3.8, 4) is 5.75 Å². The molecule has 1 amide bonds. The molecule has 1 fully saturated rings. The number of hydrogen-bond acceptors (Lipinski definition) is 4. The largest absolute Gasteiger partial charge is 0.490 e. The number of amides is 1. The highest BCUT2D eigenvalue weighted by Crippen LogP contribution is 2.28. The van der Waals surface area contributed by atoms with Crippen LogP contribution in [0.5, 0.6) is 5.75 Å². The second-order valence-corrected chi connectivity index (χ2v) is 6.91. The molecule has 126 valence electrons. The van der Waals surface area contributed by atoms with Crippen LogP contribution in [0.15, 0.2) is 18.2 Å². The van der Waals surface area contributed by atoms with Gasteiger partial charge in [0, 0.05) is 17.3 Å². The predicted molar refractivity (Wildman–Crippen MR) is 91.6 cm³/mol. The molecule has 0 heterocycles. The molecule has 23 heavy (non-hydrogen) atoms. The number of halogens is 1. The Bertz CT molecular complexity index is 561. The molecular weight excluding hydrogens is 338 g/mol. The lowest BCUT2D eigenvalue weighted by molar-refractivity contribution is -0.133. The Morgan fingerprint density at radius 2 is 2.09 bits per heavy atom. The maximum absolute atomic E-state index is 12.3. The van der Waals surface area contributed by atoms with Crippen molar-refractivity contribution in [1.29, 1.82) is 0 Å². The monoisotopic (exact) mass is 357 g/mol. The smallest absolute Gasteiger partial charge is 0.313 e. The molecule has 1 aliphatic rings. The first-order valence-electron chi connectivity index (χ1n) is 7.60. The van der Waals surface area contributed by atoms with E-state index in [2.05, 4.69) is 5.32 Å². The summed E-state index contributed by atoms with van der Waals surface area (Å²) in [5, 5.41) is 11.8. The van der Waals surface area contributed by atoms with Gasteiger partial charge in [0.25, 0.3) is 5.91 Å². The van der Waals surface area contributed by atoms with Gasteiger partial charge in [0.2, 0.25) is 0 Å². The standard InChI is InChI=1S/C16H20ClNO4S/c17-11-5-6-14(22-12-3-1-2-4-12)13(9-11)16(21)18-7-8-23-10-15(19)20/h5-6,9,12H,1-4,7-8,10H2,(H,18,21)(H,19,20). The zero-order valence-corrected chi connectivity index (χ0v) is 14.3. The van der Waals surface area contributed by atoms with E-state index in [0.29, 0.717) is 28.6 Å². The minimum Gasteiger partial charge on any atom is -0.490 e. The van der Waals surface area contributed by atoms with E-state index in [4.69, 9.17) is 21.4 Å². The third-order valence-electron chi connectivity index (χ3n) is 3.54. The van der Waals surface area contributed by atoms with E-state index < -0.39 is 5.97 Å². The number of ether oxygens (including phenoxy) is 1. The van der Waals surface area contributed by atoms with E-state index >= 15 is 0 Å². The van der Waals surface area contributed by atoms with Crippen LogP contribution in [0.4, 0.5) is 0 Å². The number of carboxylic acid groups (broad SMARTS) is 1. The highest BCUT2D eigenvalue weighted by atomic mass is 35.5. The van der Waals surface area contributed by atoms with Crippen molar-refractivity contribution in [2.45, 2.75) is 31.8 Å². The molecule has 1 saturated carbocycles. The fourth-order valence-corrected chi connectivity index (χ4v) is 3.20. The molecule has 0 spiro atoms. The van der Waals surface area contributed by atoms with Crippen molar-refractivity contribution in [1.82, 2.24) is 5.32 Å². The number of carbonyl (C=O) groups excluding carboxylic acids is 1. The summed E-state index contributed by atoms with van der Waals surface area (Å²) in [6.07, 6.45) is 4.49. The molecular formula is C16H20ClNO4S. The van der Waals surface area contributed by atoms with Gasteiger partial charge in [0.15, 0.2) is 0 Å². The molecule has 2 N–H and O–H groups in total. The summed E-state index contributed by atoms with van der Waals surface area (Å²) in [7, 11) is 0. The topological polar surface area (TPSA) is 75.6 Å². The molecule has 0 unspecified atom stereocenters. The van der Waals surface area contributed by atoms with Gasteiger partial charge in [-0.1, -0.05) is 11.6 Å². The number of carbonyl (C=O) groups is 2. The molecule has 0 atom stereocenters. The van der Waals surface area contributed by atoms with Gasteiger partial charge in [-0.25, -0.2) is 0 Å². The number of rotatable bonds is 8. The minimum atomic E-state index is -0.858. The first-order chi connectivity index (χ1) is 11.1. The first-order valence-corrected chi connectivity index (χ1v) is 9.13. The first kappa shape index (κ1) is 17.9. The van der Waals surface area contributed by atoms with Crippen molar-refractivity contribution >= 4 is 35.2 Å². The molecule has 7 heteroatoms. The minimum absolute atomic E-state index is 0.0308. The van der Waals surface area contributed by atoms with Crippen LogP contribution in [-0.4, -0.2) is 41.1 Å². The number of nitrogens with one attached hydrogen (secondary N) is 1. The highest BCUT2D eigenvalue weighted by Gasteiger charge is 2.20. The summed E-state index contributed by atoms with van der Waals surface area (Å²) in [6, 6.07) is 5.05. The van der Waals surface area contributed by atoms with E-state index in [0.717, 1.165) is 25.7 Å². The summed E-state index contributed by atoms with van der Waals surface area (Å²) in [5.74, 6) is 0.0114. The summed E-state index contributed by atoms with van der Waals surface area (Å²) >= 11 is 7.25. The van der Waals surface area contributed by atoms with Gasteiger partial charge in [-0.05, 0) is 43.9 Å². The van der Waals surface area contributed by atoms with E-state index in [1.54, 1.807) is 18.2 Å². The van der Waals surface area contributed by atoms with E-state index in [1.165, 1.54) is 11.8 Å². The normalized spacial score (nSPS) is 14.7. The Kier molecular flexibility index (Phi) is 7.05. The highest BCUT2D eigenvalue weighted by molar-refractivity contribution is 7.99. The predicted octanol–water partition coefficient (Wildman–Crippen LogP) is 3.21. The molecule has 5 nitrogen and oxygen atoms in total. The number of carboxylic acids is 1.